The summed E-state index contributed by atoms with van der Waals surface area (Å²) >= 11 is 0. The Hall–Kier alpha value is -2.34. The minimum atomic E-state index is -0.318. The molecule has 0 saturated carbocycles. The van der Waals surface area contributed by atoms with Crippen molar-refractivity contribution in [1.82, 2.24) is 10.6 Å². The van der Waals surface area contributed by atoms with Gasteiger partial charge in [0.25, 0.3) is 5.91 Å². The van der Waals surface area contributed by atoms with Gasteiger partial charge in [-0.25, -0.2) is 0 Å². The van der Waals surface area contributed by atoms with Crippen molar-refractivity contribution in [2.75, 3.05) is 26.3 Å². The number of hydrogen-bond donors (Lipinski definition) is 2. The molecule has 0 aromatic heterocycles. The van der Waals surface area contributed by atoms with E-state index >= 15 is 0 Å². The van der Waals surface area contributed by atoms with Crippen LogP contribution in [-0.4, -0.2) is 44.2 Å². The highest BCUT2D eigenvalue weighted by atomic mass is 16.5. The van der Waals surface area contributed by atoms with E-state index in [1.165, 1.54) is 0 Å². The van der Waals surface area contributed by atoms with Gasteiger partial charge in [-0.3, -0.25) is 9.59 Å². The topological polar surface area (TPSA) is 76.7 Å². The van der Waals surface area contributed by atoms with Crippen LogP contribution in [0.5, 0.6) is 5.75 Å². The molecule has 1 fully saturated rings. The summed E-state index contributed by atoms with van der Waals surface area (Å²) in [5.41, 5.74) is 0.450. The highest BCUT2D eigenvalue weighted by molar-refractivity contribution is 5.96. The molecular formula is C17H22N2O4. The van der Waals surface area contributed by atoms with Crippen molar-refractivity contribution in [3.63, 3.8) is 0 Å². The Kier molecular flexibility index (Phi) is 6.62. The summed E-state index contributed by atoms with van der Waals surface area (Å²) < 4.78 is 11.2. The zero-order valence-electron chi connectivity index (χ0n) is 13.0. The maximum Gasteiger partial charge on any atom is 0.251 e. The highest BCUT2D eigenvalue weighted by Crippen LogP contribution is 2.17. The van der Waals surface area contributed by atoms with Crippen molar-refractivity contribution in [3.8, 4) is 5.75 Å². The predicted molar refractivity (Wildman–Crippen MR) is 86.5 cm³/mol. The zero-order valence-corrected chi connectivity index (χ0v) is 13.0. The van der Waals surface area contributed by atoms with Crippen LogP contribution in [0, 0.1) is 0 Å². The van der Waals surface area contributed by atoms with Crippen LogP contribution in [0.25, 0.3) is 0 Å². The Bertz CT molecular complexity index is 553. The Morgan fingerprint density at radius 1 is 1.39 bits per heavy atom. The standard InChI is InChI=1S/C17H22N2O4/c1-2-8-18-16(20)11-19-17(21)13-5-3-6-14(10-13)23-12-15-7-4-9-22-15/h2-3,5-6,10,15H,1,4,7-9,11-12H2,(H,18,20)(H,19,21). The lowest BCUT2D eigenvalue weighted by molar-refractivity contribution is -0.119. The van der Waals surface area contributed by atoms with Crippen LogP contribution >= 0.6 is 0 Å². The van der Waals surface area contributed by atoms with Gasteiger partial charge in [-0.1, -0.05) is 12.1 Å². The second-order valence-electron chi connectivity index (χ2n) is 5.25. The normalized spacial score (nSPS) is 16.6. The van der Waals surface area contributed by atoms with Gasteiger partial charge >= 0.3 is 0 Å². The molecule has 124 valence electrons. The molecule has 2 rings (SSSR count). The summed E-state index contributed by atoms with van der Waals surface area (Å²) in [5, 5.41) is 5.16. The molecule has 6 heteroatoms. The largest absolute Gasteiger partial charge is 0.491 e. The first-order chi connectivity index (χ1) is 11.2. The number of carbonyl (C=O) groups excluding carboxylic acids is 2. The van der Waals surface area contributed by atoms with Gasteiger partial charge in [-0.2, -0.15) is 0 Å². The van der Waals surface area contributed by atoms with Gasteiger partial charge in [-0.15, -0.1) is 6.58 Å². The van der Waals surface area contributed by atoms with Gasteiger partial charge in [0.2, 0.25) is 5.91 Å². The van der Waals surface area contributed by atoms with Crippen LogP contribution in [0.3, 0.4) is 0 Å². The molecule has 0 radical (unpaired) electrons. The summed E-state index contributed by atoms with van der Waals surface area (Å²) in [6.45, 7) is 5.07. The second-order valence-corrected chi connectivity index (χ2v) is 5.25. The maximum absolute atomic E-state index is 12.0. The number of nitrogens with one attached hydrogen (secondary N) is 2. The molecular weight excluding hydrogens is 296 g/mol. The lowest BCUT2D eigenvalue weighted by atomic mass is 10.2. The lowest BCUT2D eigenvalue weighted by Gasteiger charge is -2.12. The van der Waals surface area contributed by atoms with E-state index in [0.29, 0.717) is 24.5 Å². The molecule has 1 heterocycles. The minimum absolute atomic E-state index is 0.0757. The smallest absolute Gasteiger partial charge is 0.251 e. The number of ether oxygens (including phenoxy) is 2. The molecule has 6 nitrogen and oxygen atoms in total. The van der Waals surface area contributed by atoms with Crippen molar-refractivity contribution in [3.05, 3.63) is 42.5 Å². The van der Waals surface area contributed by atoms with Gasteiger partial charge in [0.05, 0.1) is 12.6 Å². The summed E-state index contributed by atoms with van der Waals surface area (Å²) in [6, 6.07) is 6.88. The molecule has 1 aromatic carbocycles. The van der Waals surface area contributed by atoms with E-state index in [4.69, 9.17) is 9.47 Å². The van der Waals surface area contributed by atoms with Gasteiger partial charge in [0.15, 0.2) is 0 Å². The second kappa shape index (κ2) is 8.95. The number of carbonyl (C=O) groups is 2. The Morgan fingerprint density at radius 3 is 3.00 bits per heavy atom. The van der Waals surface area contributed by atoms with Crippen molar-refractivity contribution in [2.24, 2.45) is 0 Å². The molecule has 23 heavy (non-hydrogen) atoms. The first-order valence-electron chi connectivity index (χ1n) is 7.69. The first-order valence-corrected chi connectivity index (χ1v) is 7.69. The van der Waals surface area contributed by atoms with E-state index in [9.17, 15) is 9.59 Å². The van der Waals surface area contributed by atoms with Crippen molar-refractivity contribution in [1.29, 1.82) is 0 Å². The van der Waals surface area contributed by atoms with E-state index in [0.717, 1.165) is 19.4 Å². The lowest BCUT2D eigenvalue weighted by Crippen LogP contribution is -2.36. The van der Waals surface area contributed by atoms with Gasteiger partial charge in [0.1, 0.15) is 12.4 Å². The molecule has 1 atom stereocenters. The Balaban J connectivity index is 1.81. The Morgan fingerprint density at radius 2 is 2.26 bits per heavy atom. The molecule has 0 bridgehead atoms. The third-order valence-corrected chi connectivity index (χ3v) is 3.41. The predicted octanol–water partition coefficient (Wildman–Crippen LogP) is 1.28. The molecule has 2 N–H and O–H groups in total. The fourth-order valence-corrected chi connectivity index (χ4v) is 2.20. The van der Waals surface area contributed by atoms with E-state index in [2.05, 4.69) is 17.2 Å². The molecule has 0 spiro atoms. The monoisotopic (exact) mass is 318 g/mol. The molecule has 1 unspecified atom stereocenters. The number of hydrogen-bond acceptors (Lipinski definition) is 4. The summed E-state index contributed by atoms with van der Waals surface area (Å²) in [7, 11) is 0. The summed E-state index contributed by atoms with van der Waals surface area (Å²) in [4.78, 5) is 23.5. The molecule has 1 aliphatic heterocycles. The number of benzene rings is 1. The van der Waals surface area contributed by atoms with Crippen LogP contribution in [0.15, 0.2) is 36.9 Å². The molecule has 2 amide bonds. The average molecular weight is 318 g/mol. The van der Waals surface area contributed by atoms with Gasteiger partial charge in [-0.05, 0) is 31.0 Å². The first kappa shape index (κ1) is 17.0. The Labute approximate surface area is 135 Å². The van der Waals surface area contributed by atoms with E-state index < -0.39 is 0 Å². The third-order valence-electron chi connectivity index (χ3n) is 3.41. The highest BCUT2D eigenvalue weighted by Gasteiger charge is 2.16. The zero-order chi connectivity index (χ0) is 16.5. The third kappa shape index (κ3) is 5.75. The maximum atomic E-state index is 12.0. The van der Waals surface area contributed by atoms with Crippen molar-refractivity contribution < 1.29 is 19.1 Å². The van der Waals surface area contributed by atoms with Crippen LogP contribution in [-0.2, 0) is 9.53 Å². The van der Waals surface area contributed by atoms with Crippen molar-refractivity contribution in [2.45, 2.75) is 18.9 Å². The van der Waals surface area contributed by atoms with E-state index in [1.54, 1.807) is 30.3 Å². The van der Waals surface area contributed by atoms with Crippen LogP contribution in [0.4, 0.5) is 0 Å². The number of rotatable bonds is 8. The minimum Gasteiger partial charge on any atom is -0.491 e. The molecule has 0 aliphatic carbocycles. The van der Waals surface area contributed by atoms with Gasteiger partial charge < -0.3 is 20.1 Å². The number of amides is 2. The van der Waals surface area contributed by atoms with Crippen LogP contribution in [0.2, 0.25) is 0 Å². The van der Waals surface area contributed by atoms with Crippen LogP contribution in [0.1, 0.15) is 23.2 Å². The molecule has 1 aliphatic rings. The molecule has 1 aromatic rings. The van der Waals surface area contributed by atoms with Crippen molar-refractivity contribution >= 4 is 11.8 Å². The average Bonchev–Trinajstić information content (AvgIpc) is 3.09. The fraction of sp³-hybridized carbons (Fsp3) is 0.412. The summed E-state index contributed by atoms with van der Waals surface area (Å²) in [5.74, 6) is 0.0367. The molecule has 1 saturated heterocycles. The van der Waals surface area contributed by atoms with E-state index in [1.807, 2.05) is 0 Å². The van der Waals surface area contributed by atoms with Crippen LogP contribution < -0.4 is 15.4 Å². The fourth-order valence-electron chi connectivity index (χ4n) is 2.20. The SMILES string of the molecule is C=CCNC(=O)CNC(=O)c1cccc(OCC2CCCO2)c1. The quantitative estimate of drug-likeness (QED) is 0.708. The summed E-state index contributed by atoms with van der Waals surface area (Å²) in [6.07, 6.45) is 3.76. The van der Waals surface area contributed by atoms with E-state index in [-0.39, 0.29) is 24.5 Å². The van der Waals surface area contributed by atoms with Gasteiger partial charge in [0, 0.05) is 18.7 Å².